The van der Waals surface area contributed by atoms with Gasteiger partial charge >= 0.3 is 0 Å². The third-order valence-electron chi connectivity index (χ3n) is 4.57. The van der Waals surface area contributed by atoms with E-state index in [9.17, 15) is 18.4 Å². The summed E-state index contributed by atoms with van der Waals surface area (Å²) >= 11 is 0.976. The van der Waals surface area contributed by atoms with E-state index in [0.29, 0.717) is 0 Å². The average molecular weight is 372 g/mol. The number of hydrogen-bond donors (Lipinski definition) is 0. The zero-order valence-electron chi connectivity index (χ0n) is 13.8. The Morgan fingerprint density at radius 1 is 1.04 bits per heavy atom. The van der Waals surface area contributed by atoms with Crippen molar-refractivity contribution in [3.8, 4) is 0 Å². The SMILES string of the molecule is CN1C(=O)SC(c2cccc3c2ccn3Cc2c(F)cccc2F)C1=O. The minimum absolute atomic E-state index is 0.0170. The number of hydrogen-bond acceptors (Lipinski definition) is 3. The molecule has 26 heavy (non-hydrogen) atoms. The third-order valence-corrected chi connectivity index (χ3v) is 5.73. The van der Waals surface area contributed by atoms with Crippen LogP contribution in [-0.4, -0.2) is 27.7 Å². The first-order valence-electron chi connectivity index (χ1n) is 7.96. The summed E-state index contributed by atoms with van der Waals surface area (Å²) in [6, 6.07) is 11.0. The van der Waals surface area contributed by atoms with Gasteiger partial charge in [-0.2, -0.15) is 0 Å². The molecule has 132 valence electrons. The number of fused-ring (bicyclic) bond motifs is 1. The van der Waals surface area contributed by atoms with Gasteiger partial charge < -0.3 is 4.57 Å². The number of benzene rings is 2. The second-order valence-electron chi connectivity index (χ2n) is 6.08. The van der Waals surface area contributed by atoms with Gasteiger partial charge in [0.05, 0.1) is 6.54 Å². The predicted molar refractivity (Wildman–Crippen MR) is 95.9 cm³/mol. The van der Waals surface area contributed by atoms with Crippen LogP contribution in [0.1, 0.15) is 16.4 Å². The lowest BCUT2D eigenvalue weighted by Crippen LogP contribution is -2.24. The van der Waals surface area contributed by atoms with Crippen LogP contribution >= 0.6 is 11.8 Å². The molecule has 4 rings (SSSR count). The van der Waals surface area contributed by atoms with Gasteiger partial charge in [-0.15, -0.1) is 0 Å². The summed E-state index contributed by atoms with van der Waals surface area (Å²) in [4.78, 5) is 25.2. The van der Waals surface area contributed by atoms with Crippen LogP contribution in [0, 0.1) is 11.6 Å². The highest BCUT2D eigenvalue weighted by molar-refractivity contribution is 8.15. The van der Waals surface area contributed by atoms with Gasteiger partial charge in [0.2, 0.25) is 5.91 Å². The van der Waals surface area contributed by atoms with Crippen LogP contribution < -0.4 is 0 Å². The molecule has 1 aromatic heterocycles. The minimum atomic E-state index is -0.600. The highest BCUT2D eigenvalue weighted by Gasteiger charge is 2.39. The van der Waals surface area contributed by atoms with E-state index in [1.165, 1.54) is 25.2 Å². The molecule has 1 atom stereocenters. The first-order valence-corrected chi connectivity index (χ1v) is 8.84. The van der Waals surface area contributed by atoms with E-state index in [2.05, 4.69) is 0 Å². The average Bonchev–Trinajstić information content (AvgIpc) is 3.14. The van der Waals surface area contributed by atoms with Crippen LogP contribution in [0.15, 0.2) is 48.7 Å². The molecular formula is C19H14F2N2O2S. The molecule has 1 saturated heterocycles. The van der Waals surface area contributed by atoms with Crippen molar-refractivity contribution in [3.63, 3.8) is 0 Å². The number of rotatable bonds is 3. The van der Waals surface area contributed by atoms with Crippen molar-refractivity contribution in [2.24, 2.45) is 0 Å². The number of thioether (sulfide) groups is 1. The van der Waals surface area contributed by atoms with Crippen LogP contribution in [0.2, 0.25) is 0 Å². The van der Waals surface area contributed by atoms with Crippen molar-refractivity contribution >= 4 is 33.8 Å². The smallest absolute Gasteiger partial charge is 0.289 e. The Morgan fingerprint density at radius 3 is 2.38 bits per heavy atom. The summed E-state index contributed by atoms with van der Waals surface area (Å²) in [5.41, 5.74) is 1.46. The molecule has 3 aromatic rings. The number of aromatic nitrogens is 1. The van der Waals surface area contributed by atoms with Crippen molar-refractivity contribution in [2.75, 3.05) is 7.05 Å². The maximum Gasteiger partial charge on any atom is 0.289 e. The lowest BCUT2D eigenvalue weighted by molar-refractivity contribution is -0.125. The van der Waals surface area contributed by atoms with Gasteiger partial charge in [0.25, 0.3) is 5.24 Å². The van der Waals surface area contributed by atoms with Crippen molar-refractivity contribution in [1.29, 1.82) is 0 Å². The lowest BCUT2D eigenvalue weighted by atomic mass is 10.1. The largest absolute Gasteiger partial charge is 0.343 e. The molecule has 0 aliphatic carbocycles. The third kappa shape index (κ3) is 2.59. The summed E-state index contributed by atoms with van der Waals surface area (Å²) < 4.78 is 29.7. The molecule has 2 amide bonds. The van der Waals surface area contributed by atoms with Crippen LogP contribution in [0.3, 0.4) is 0 Å². The molecule has 1 unspecified atom stereocenters. The Balaban J connectivity index is 1.77. The van der Waals surface area contributed by atoms with Gasteiger partial charge in [-0.3, -0.25) is 14.5 Å². The summed E-state index contributed by atoms with van der Waals surface area (Å²) in [7, 11) is 1.46. The van der Waals surface area contributed by atoms with Crippen LogP contribution in [0.25, 0.3) is 10.9 Å². The zero-order chi connectivity index (χ0) is 18.4. The summed E-state index contributed by atoms with van der Waals surface area (Å²) in [6.45, 7) is 0.0377. The number of nitrogens with zero attached hydrogens (tertiary/aromatic N) is 2. The van der Waals surface area contributed by atoms with Crippen molar-refractivity contribution in [3.05, 3.63) is 71.4 Å². The fourth-order valence-electron chi connectivity index (χ4n) is 3.16. The van der Waals surface area contributed by atoms with E-state index < -0.39 is 16.9 Å². The first-order chi connectivity index (χ1) is 12.5. The maximum absolute atomic E-state index is 14.0. The number of carbonyl (C=O) groups excluding carboxylic acids is 2. The Morgan fingerprint density at radius 2 is 1.73 bits per heavy atom. The lowest BCUT2D eigenvalue weighted by Gasteiger charge is -2.11. The second-order valence-corrected chi connectivity index (χ2v) is 7.14. The van der Waals surface area contributed by atoms with E-state index >= 15 is 0 Å². The topological polar surface area (TPSA) is 42.3 Å². The number of amides is 2. The summed E-state index contributed by atoms with van der Waals surface area (Å²) in [5.74, 6) is -1.46. The quantitative estimate of drug-likeness (QED) is 0.687. The Kier molecular flexibility index (Phi) is 4.03. The molecule has 0 saturated carbocycles. The molecule has 0 radical (unpaired) electrons. The molecule has 7 heteroatoms. The van der Waals surface area contributed by atoms with Gasteiger partial charge in [-0.1, -0.05) is 18.2 Å². The number of imide groups is 1. The monoisotopic (exact) mass is 372 g/mol. The van der Waals surface area contributed by atoms with E-state index in [0.717, 1.165) is 33.1 Å². The highest BCUT2D eigenvalue weighted by atomic mass is 32.2. The van der Waals surface area contributed by atoms with E-state index in [-0.39, 0.29) is 23.3 Å². The number of halogens is 2. The second kappa shape index (κ2) is 6.25. The molecular weight excluding hydrogens is 358 g/mol. The van der Waals surface area contributed by atoms with E-state index in [1.54, 1.807) is 29.0 Å². The number of likely N-dealkylation sites (N-methyl/N-ethyl adjacent to an activating group) is 1. The maximum atomic E-state index is 14.0. The van der Waals surface area contributed by atoms with Crippen LogP contribution in [0.4, 0.5) is 13.6 Å². The van der Waals surface area contributed by atoms with Crippen LogP contribution in [-0.2, 0) is 11.3 Å². The molecule has 2 aromatic carbocycles. The van der Waals surface area contributed by atoms with Gasteiger partial charge in [-0.05, 0) is 41.6 Å². The van der Waals surface area contributed by atoms with Crippen molar-refractivity contribution in [2.45, 2.75) is 11.8 Å². The number of carbonyl (C=O) groups is 2. The van der Waals surface area contributed by atoms with Gasteiger partial charge in [0.1, 0.15) is 16.9 Å². The summed E-state index contributed by atoms with van der Waals surface area (Å²) in [5, 5.41) is -0.0969. The van der Waals surface area contributed by atoms with Gasteiger partial charge in [0.15, 0.2) is 0 Å². The molecule has 1 fully saturated rings. The molecule has 0 spiro atoms. The standard InChI is InChI=1S/C19H14F2N2O2S/c1-22-18(24)17(26-19(22)25)12-4-2-7-16-11(12)8-9-23(16)10-13-14(20)5-3-6-15(13)21/h2-9,17H,10H2,1H3. The minimum Gasteiger partial charge on any atom is -0.343 e. The van der Waals surface area contributed by atoms with Crippen molar-refractivity contribution < 1.29 is 18.4 Å². The Hall–Kier alpha value is -2.67. The predicted octanol–water partition coefficient (Wildman–Crippen LogP) is 4.33. The fraction of sp³-hybridized carbons (Fsp3) is 0.158. The molecule has 1 aliphatic rings. The molecule has 4 nitrogen and oxygen atoms in total. The van der Waals surface area contributed by atoms with Crippen molar-refractivity contribution in [1.82, 2.24) is 9.47 Å². The van der Waals surface area contributed by atoms with E-state index in [1.807, 2.05) is 6.07 Å². The fourth-order valence-corrected chi connectivity index (χ4v) is 4.20. The Bertz CT molecular complexity index is 1030. The first kappa shape index (κ1) is 16.8. The molecule has 1 aliphatic heterocycles. The van der Waals surface area contributed by atoms with Gasteiger partial charge in [-0.25, -0.2) is 8.78 Å². The van der Waals surface area contributed by atoms with Gasteiger partial charge in [0, 0.05) is 29.7 Å². The summed E-state index contributed by atoms with van der Waals surface area (Å²) in [6.07, 6.45) is 1.73. The molecule has 0 bridgehead atoms. The normalized spacial score (nSPS) is 17.5. The molecule has 2 heterocycles. The molecule has 0 N–H and O–H groups in total. The Labute approximate surface area is 152 Å². The highest BCUT2D eigenvalue weighted by Crippen LogP contribution is 2.41. The zero-order valence-corrected chi connectivity index (χ0v) is 14.6. The van der Waals surface area contributed by atoms with E-state index in [4.69, 9.17) is 0 Å². The van der Waals surface area contributed by atoms with Crippen LogP contribution in [0.5, 0.6) is 0 Å².